The fourth-order valence-corrected chi connectivity index (χ4v) is 3.71. The fourth-order valence-electron chi connectivity index (χ4n) is 3.71. The van der Waals surface area contributed by atoms with Gasteiger partial charge in [-0.15, -0.1) is 0 Å². The lowest BCUT2D eigenvalue weighted by atomic mass is 10.0. The van der Waals surface area contributed by atoms with Gasteiger partial charge < -0.3 is 4.90 Å². The number of nitrogens with zero attached hydrogens (tertiary/aromatic N) is 2. The van der Waals surface area contributed by atoms with Crippen molar-refractivity contribution in [3.8, 4) is 6.07 Å². The molecule has 2 aliphatic heterocycles. The first-order valence-corrected chi connectivity index (χ1v) is 7.25. The van der Waals surface area contributed by atoms with Gasteiger partial charge in [-0.05, 0) is 31.4 Å². The second-order valence-corrected chi connectivity index (χ2v) is 5.66. The van der Waals surface area contributed by atoms with Crippen molar-refractivity contribution in [1.82, 2.24) is 0 Å². The normalized spacial score (nSPS) is 24.1. The van der Waals surface area contributed by atoms with Crippen LogP contribution in [0.3, 0.4) is 0 Å². The summed E-state index contributed by atoms with van der Waals surface area (Å²) in [5, 5.41) is 11.6. The summed E-state index contributed by atoms with van der Waals surface area (Å²) in [4.78, 5) is 2.56. The number of benzene rings is 2. The number of fused-ring (bicyclic) bond motifs is 3. The highest BCUT2D eigenvalue weighted by atomic mass is 15.2. The molecule has 2 aromatic carbocycles. The SMILES string of the molecule is N#Cc1ccc(N2C3C=CCC2CC3)c2ccccc12. The van der Waals surface area contributed by atoms with Crippen LogP contribution in [-0.2, 0) is 0 Å². The average Bonchev–Trinajstić information content (AvgIpc) is 2.75. The van der Waals surface area contributed by atoms with Crippen LogP contribution in [-0.4, -0.2) is 12.1 Å². The van der Waals surface area contributed by atoms with Gasteiger partial charge in [-0.3, -0.25) is 0 Å². The van der Waals surface area contributed by atoms with E-state index in [9.17, 15) is 5.26 Å². The lowest BCUT2D eigenvalue weighted by Gasteiger charge is -2.34. The molecule has 0 radical (unpaired) electrons. The molecule has 2 heteroatoms. The maximum atomic E-state index is 9.28. The zero-order valence-corrected chi connectivity index (χ0v) is 11.3. The molecule has 1 fully saturated rings. The predicted molar refractivity (Wildman–Crippen MR) is 81.7 cm³/mol. The minimum atomic E-state index is 0.532. The number of rotatable bonds is 1. The van der Waals surface area contributed by atoms with Gasteiger partial charge in [0.05, 0.1) is 11.6 Å². The molecule has 2 unspecified atom stereocenters. The van der Waals surface area contributed by atoms with E-state index in [0.717, 1.165) is 17.4 Å². The molecular formula is C18H16N2. The highest BCUT2D eigenvalue weighted by Gasteiger charge is 2.34. The fraction of sp³-hybridized carbons (Fsp3) is 0.278. The summed E-state index contributed by atoms with van der Waals surface area (Å²) in [5.41, 5.74) is 2.06. The van der Waals surface area contributed by atoms with Crippen molar-refractivity contribution >= 4 is 16.5 Å². The van der Waals surface area contributed by atoms with E-state index >= 15 is 0 Å². The van der Waals surface area contributed by atoms with Crippen molar-refractivity contribution in [2.45, 2.75) is 31.3 Å². The van der Waals surface area contributed by atoms with Gasteiger partial charge in [0.25, 0.3) is 0 Å². The molecule has 2 aliphatic rings. The third-order valence-corrected chi connectivity index (χ3v) is 4.61. The van der Waals surface area contributed by atoms with Crippen molar-refractivity contribution in [2.75, 3.05) is 4.90 Å². The molecule has 2 atom stereocenters. The zero-order valence-electron chi connectivity index (χ0n) is 11.3. The van der Waals surface area contributed by atoms with E-state index in [2.05, 4.69) is 47.4 Å². The van der Waals surface area contributed by atoms with Crippen LogP contribution in [0, 0.1) is 11.3 Å². The molecule has 0 aliphatic carbocycles. The Kier molecular flexibility index (Phi) is 2.53. The molecule has 0 amide bonds. The van der Waals surface area contributed by atoms with Gasteiger partial charge in [0.15, 0.2) is 0 Å². The molecule has 0 aromatic heterocycles. The van der Waals surface area contributed by atoms with E-state index in [1.807, 2.05) is 12.1 Å². The third-order valence-electron chi connectivity index (χ3n) is 4.61. The van der Waals surface area contributed by atoms with Gasteiger partial charge in [0, 0.05) is 28.5 Å². The quantitative estimate of drug-likeness (QED) is 0.724. The largest absolute Gasteiger partial charge is 0.361 e. The summed E-state index contributed by atoms with van der Waals surface area (Å²) in [6.45, 7) is 0. The van der Waals surface area contributed by atoms with Crippen LogP contribution >= 0.6 is 0 Å². The molecule has 2 nitrogen and oxygen atoms in total. The van der Waals surface area contributed by atoms with Crippen LogP contribution < -0.4 is 4.90 Å². The Hall–Kier alpha value is -2.27. The number of nitriles is 1. The molecule has 0 spiro atoms. The monoisotopic (exact) mass is 260 g/mol. The number of anilines is 1. The molecule has 1 saturated heterocycles. The van der Waals surface area contributed by atoms with E-state index in [-0.39, 0.29) is 0 Å². The van der Waals surface area contributed by atoms with Crippen LogP contribution in [0.5, 0.6) is 0 Å². The highest BCUT2D eigenvalue weighted by Crippen LogP contribution is 2.39. The molecule has 98 valence electrons. The van der Waals surface area contributed by atoms with Crippen molar-refractivity contribution in [1.29, 1.82) is 5.26 Å². The van der Waals surface area contributed by atoms with E-state index in [4.69, 9.17) is 0 Å². The van der Waals surface area contributed by atoms with E-state index < -0.39 is 0 Å². The van der Waals surface area contributed by atoms with Gasteiger partial charge in [-0.25, -0.2) is 0 Å². The van der Waals surface area contributed by atoms with Crippen molar-refractivity contribution in [2.24, 2.45) is 0 Å². The molecule has 4 rings (SSSR count). The predicted octanol–water partition coefficient (Wildman–Crippen LogP) is 4.01. The van der Waals surface area contributed by atoms with Crippen LogP contribution in [0.1, 0.15) is 24.8 Å². The summed E-state index contributed by atoms with van der Waals surface area (Å²) in [5.74, 6) is 0. The Bertz CT molecular complexity index is 739. The van der Waals surface area contributed by atoms with Crippen molar-refractivity contribution in [3.05, 3.63) is 54.1 Å². The van der Waals surface area contributed by atoms with Crippen LogP contribution in [0.2, 0.25) is 0 Å². The minimum absolute atomic E-state index is 0.532. The van der Waals surface area contributed by atoms with Crippen LogP contribution in [0.4, 0.5) is 5.69 Å². The van der Waals surface area contributed by atoms with E-state index in [1.54, 1.807) is 0 Å². The van der Waals surface area contributed by atoms with Gasteiger partial charge in [0.1, 0.15) is 0 Å². The maximum Gasteiger partial charge on any atom is 0.0998 e. The minimum Gasteiger partial charge on any atom is -0.361 e. The van der Waals surface area contributed by atoms with Crippen molar-refractivity contribution < 1.29 is 0 Å². The standard InChI is InChI=1S/C18H16N2/c19-12-13-8-11-18(17-7-2-1-6-16(13)17)20-14-4-3-5-15(20)10-9-14/h1-4,6-8,11,14-15H,5,9-10H2. The summed E-state index contributed by atoms with van der Waals surface area (Å²) in [6.07, 6.45) is 8.33. The van der Waals surface area contributed by atoms with Crippen LogP contribution in [0.15, 0.2) is 48.6 Å². The molecular weight excluding hydrogens is 244 g/mol. The molecule has 2 aromatic rings. The summed E-state index contributed by atoms with van der Waals surface area (Å²) in [6, 6.07) is 15.8. The summed E-state index contributed by atoms with van der Waals surface area (Å²) in [7, 11) is 0. The summed E-state index contributed by atoms with van der Waals surface area (Å²) < 4.78 is 0. The second-order valence-electron chi connectivity index (χ2n) is 5.66. The van der Waals surface area contributed by atoms with Gasteiger partial charge >= 0.3 is 0 Å². The first kappa shape index (κ1) is 11.5. The lowest BCUT2D eigenvalue weighted by molar-refractivity contribution is 0.650. The Morgan fingerprint density at radius 2 is 1.90 bits per heavy atom. The van der Waals surface area contributed by atoms with Gasteiger partial charge in [0.2, 0.25) is 0 Å². The number of hydrogen-bond acceptors (Lipinski definition) is 2. The highest BCUT2D eigenvalue weighted by molar-refractivity contribution is 5.98. The first-order valence-electron chi connectivity index (χ1n) is 7.25. The zero-order chi connectivity index (χ0) is 13.5. The second kappa shape index (κ2) is 4.38. The smallest absolute Gasteiger partial charge is 0.0998 e. The molecule has 2 bridgehead atoms. The van der Waals surface area contributed by atoms with Gasteiger partial charge in [-0.2, -0.15) is 5.26 Å². The van der Waals surface area contributed by atoms with Crippen LogP contribution in [0.25, 0.3) is 10.8 Å². The van der Waals surface area contributed by atoms with Gasteiger partial charge in [-0.1, -0.05) is 36.4 Å². The Labute approximate surface area is 118 Å². The Morgan fingerprint density at radius 1 is 1.05 bits per heavy atom. The first-order chi connectivity index (χ1) is 9.88. The Balaban J connectivity index is 1.94. The molecule has 2 heterocycles. The molecule has 0 saturated carbocycles. The Morgan fingerprint density at radius 3 is 2.70 bits per heavy atom. The molecule has 0 N–H and O–H groups in total. The topological polar surface area (TPSA) is 27.0 Å². The summed E-state index contributed by atoms with van der Waals surface area (Å²) >= 11 is 0. The lowest BCUT2D eigenvalue weighted by Crippen LogP contribution is -2.37. The molecule has 20 heavy (non-hydrogen) atoms. The third kappa shape index (κ3) is 1.56. The number of hydrogen-bond donors (Lipinski definition) is 0. The average molecular weight is 260 g/mol. The van der Waals surface area contributed by atoms with E-state index in [0.29, 0.717) is 12.1 Å². The maximum absolute atomic E-state index is 9.28. The van der Waals surface area contributed by atoms with E-state index in [1.165, 1.54) is 23.9 Å². The van der Waals surface area contributed by atoms with Crippen molar-refractivity contribution in [3.63, 3.8) is 0 Å².